The fourth-order valence-electron chi connectivity index (χ4n) is 10.7. The van der Waals surface area contributed by atoms with E-state index in [2.05, 4.69) is 240 Å². The summed E-state index contributed by atoms with van der Waals surface area (Å²) in [5.41, 5.74) is 12.5. The third-order valence-electron chi connectivity index (χ3n) is 13.7. The third kappa shape index (κ3) is 6.01. The molecule has 14 rings (SSSR count). The van der Waals surface area contributed by atoms with Gasteiger partial charge < -0.3 is 19.0 Å². The Morgan fingerprint density at radius 3 is 1.65 bits per heavy atom. The molecule has 0 saturated heterocycles. The van der Waals surface area contributed by atoms with Gasteiger partial charge in [-0.25, -0.2) is 0 Å². The van der Waals surface area contributed by atoms with E-state index >= 15 is 0 Å². The molecule has 318 valence electrons. The first-order valence-electron chi connectivity index (χ1n) is 23.2. The van der Waals surface area contributed by atoms with E-state index in [0.29, 0.717) is 0 Å². The van der Waals surface area contributed by atoms with Gasteiger partial charge in [-0.2, -0.15) is 0 Å². The largest absolute Gasteiger partial charge is 0.456 e. The number of fused-ring (bicyclic) bond motifs is 4. The number of para-hydroxylation sites is 3. The summed E-state index contributed by atoms with van der Waals surface area (Å²) in [5.74, 6) is 1.65. The topological polar surface area (TPSA) is 28.9 Å². The van der Waals surface area contributed by atoms with E-state index in [-0.39, 0.29) is 0 Å². The van der Waals surface area contributed by atoms with Crippen LogP contribution < -0.4 is 14.5 Å². The van der Waals surface area contributed by atoms with Gasteiger partial charge in [-0.3, -0.25) is 0 Å². The Kier molecular flexibility index (Phi) is 8.55. The molecule has 12 aromatic carbocycles. The van der Waals surface area contributed by atoms with Crippen molar-refractivity contribution in [2.24, 2.45) is 0 Å². The van der Waals surface area contributed by atoms with Gasteiger partial charge in [0.1, 0.15) is 17.1 Å². The first-order chi connectivity index (χ1) is 33.7. The van der Waals surface area contributed by atoms with Crippen molar-refractivity contribution in [3.8, 4) is 33.8 Å². The van der Waals surface area contributed by atoms with Crippen LogP contribution in [-0.4, -0.2) is 0 Å². The van der Waals surface area contributed by atoms with Gasteiger partial charge in [0, 0.05) is 55.1 Å². The molecule has 0 N–H and O–H groups in total. The summed E-state index contributed by atoms with van der Waals surface area (Å²) in [6.07, 6.45) is 0. The second-order valence-corrected chi connectivity index (χ2v) is 17.6. The molecular formula is C64H40N2O2. The molecule has 1 aliphatic heterocycles. The highest BCUT2D eigenvalue weighted by atomic mass is 16.5. The number of nitrogens with zero attached hydrogens (tertiary/aromatic N) is 2. The zero-order valence-electron chi connectivity index (χ0n) is 36.8. The zero-order valence-corrected chi connectivity index (χ0v) is 36.8. The van der Waals surface area contributed by atoms with E-state index in [1.807, 2.05) is 12.1 Å². The fraction of sp³-hybridized carbons (Fsp3) is 0. The van der Waals surface area contributed by atoms with Crippen LogP contribution in [0.4, 0.5) is 34.1 Å². The molecule has 1 aliphatic rings. The summed E-state index contributed by atoms with van der Waals surface area (Å²) in [5, 5.41) is 11.2. The number of furan rings is 1. The highest BCUT2D eigenvalue weighted by Gasteiger charge is 2.28. The standard InChI is InChI=1S/C64H40N2O2/c1-4-17-41(18-5-1)46-35-47(42-19-6-2-7-20-42)38-49(37-46)65(48-23-8-3-9-24-48)57-39-45-34-33-44-36-50(40-60-61(44)62(45)63-54(57)28-16-32-59(63)67-60)66(55-29-14-22-43-21-10-11-25-51(43)55)56-30-15-27-53-52-26-12-13-31-58(52)68-64(53)56/h1-40H. The van der Waals surface area contributed by atoms with Crippen LogP contribution in [0.25, 0.3) is 87.3 Å². The maximum atomic E-state index is 7.20. The second-order valence-electron chi connectivity index (χ2n) is 17.6. The van der Waals surface area contributed by atoms with Crippen molar-refractivity contribution in [2.45, 2.75) is 0 Å². The Hall–Kier alpha value is -9.12. The Morgan fingerprint density at radius 1 is 0.279 bits per heavy atom. The molecule has 13 aromatic rings. The number of benzene rings is 12. The monoisotopic (exact) mass is 868 g/mol. The van der Waals surface area contributed by atoms with Crippen LogP contribution in [0.5, 0.6) is 11.5 Å². The van der Waals surface area contributed by atoms with Crippen molar-refractivity contribution in [3.05, 3.63) is 243 Å². The third-order valence-corrected chi connectivity index (χ3v) is 13.7. The minimum absolute atomic E-state index is 0.820. The molecule has 4 nitrogen and oxygen atoms in total. The first kappa shape index (κ1) is 38.2. The number of anilines is 6. The van der Waals surface area contributed by atoms with E-state index < -0.39 is 0 Å². The summed E-state index contributed by atoms with van der Waals surface area (Å²) in [6, 6.07) is 86.9. The zero-order chi connectivity index (χ0) is 44.7. The average molecular weight is 869 g/mol. The number of ether oxygens (including phenoxy) is 1. The minimum atomic E-state index is 0.820. The van der Waals surface area contributed by atoms with Crippen LogP contribution >= 0.6 is 0 Å². The maximum Gasteiger partial charge on any atom is 0.159 e. The van der Waals surface area contributed by atoms with Gasteiger partial charge >= 0.3 is 0 Å². The normalized spacial score (nSPS) is 11.9. The SMILES string of the molecule is c1ccc(-c2cc(-c3ccccc3)cc(N(c3ccccc3)c3cc4ccc5cc(N(c6cccc7ccccc67)c6cccc7c6oc6ccccc67)cc6c5c4c4c(cccc34)O6)c2)cc1. The molecule has 0 aliphatic carbocycles. The van der Waals surface area contributed by atoms with Gasteiger partial charge in [0.25, 0.3) is 0 Å². The second kappa shape index (κ2) is 15.2. The predicted octanol–water partition coefficient (Wildman–Crippen LogP) is 18.6. The molecule has 0 atom stereocenters. The summed E-state index contributed by atoms with van der Waals surface area (Å²) < 4.78 is 13.9. The Labute approximate surface area is 392 Å². The van der Waals surface area contributed by atoms with E-state index in [1.165, 1.54) is 16.5 Å². The van der Waals surface area contributed by atoms with Crippen molar-refractivity contribution < 1.29 is 9.15 Å². The summed E-state index contributed by atoms with van der Waals surface area (Å²) in [6.45, 7) is 0. The molecule has 0 bridgehead atoms. The molecule has 0 amide bonds. The van der Waals surface area contributed by atoms with Crippen LogP contribution in [0, 0.1) is 0 Å². The van der Waals surface area contributed by atoms with E-state index in [0.717, 1.165) is 116 Å². The van der Waals surface area contributed by atoms with Gasteiger partial charge in [0.2, 0.25) is 0 Å². The Bertz CT molecular complexity index is 4060. The number of hydrogen-bond donors (Lipinski definition) is 0. The van der Waals surface area contributed by atoms with Gasteiger partial charge in [-0.1, -0.05) is 170 Å². The van der Waals surface area contributed by atoms with Crippen LogP contribution in [0.2, 0.25) is 0 Å². The molecule has 68 heavy (non-hydrogen) atoms. The average Bonchev–Trinajstić information content (AvgIpc) is 3.79. The quantitative estimate of drug-likeness (QED) is 0.142. The van der Waals surface area contributed by atoms with Gasteiger partial charge in [-0.15, -0.1) is 0 Å². The van der Waals surface area contributed by atoms with Crippen LogP contribution in [-0.2, 0) is 0 Å². The first-order valence-corrected chi connectivity index (χ1v) is 23.2. The molecule has 4 heteroatoms. The summed E-state index contributed by atoms with van der Waals surface area (Å²) in [7, 11) is 0. The molecule has 0 fully saturated rings. The lowest BCUT2D eigenvalue weighted by atomic mass is 9.91. The summed E-state index contributed by atoms with van der Waals surface area (Å²) in [4.78, 5) is 4.77. The van der Waals surface area contributed by atoms with Crippen molar-refractivity contribution >= 4 is 99.2 Å². The molecule has 0 unspecified atom stereocenters. The molecular weight excluding hydrogens is 829 g/mol. The Morgan fingerprint density at radius 2 is 0.868 bits per heavy atom. The van der Waals surface area contributed by atoms with Crippen LogP contribution in [0.15, 0.2) is 247 Å². The van der Waals surface area contributed by atoms with Gasteiger partial charge in [-0.05, 0) is 105 Å². The number of rotatable bonds is 8. The maximum absolute atomic E-state index is 7.20. The van der Waals surface area contributed by atoms with E-state index in [4.69, 9.17) is 9.15 Å². The molecule has 1 aromatic heterocycles. The van der Waals surface area contributed by atoms with E-state index in [1.54, 1.807) is 0 Å². The van der Waals surface area contributed by atoms with Gasteiger partial charge in [0.05, 0.1) is 22.7 Å². The highest BCUT2D eigenvalue weighted by Crippen LogP contribution is 2.54. The molecule has 0 spiro atoms. The molecule has 0 saturated carbocycles. The molecule has 0 radical (unpaired) electrons. The lowest BCUT2D eigenvalue weighted by molar-refractivity contribution is 0.493. The predicted molar refractivity (Wildman–Crippen MR) is 284 cm³/mol. The fourth-order valence-corrected chi connectivity index (χ4v) is 10.7. The van der Waals surface area contributed by atoms with Crippen molar-refractivity contribution in [1.29, 1.82) is 0 Å². The smallest absolute Gasteiger partial charge is 0.159 e. The van der Waals surface area contributed by atoms with Gasteiger partial charge in [0.15, 0.2) is 5.58 Å². The summed E-state index contributed by atoms with van der Waals surface area (Å²) >= 11 is 0. The lowest BCUT2D eigenvalue weighted by Crippen LogP contribution is -2.12. The Balaban J connectivity index is 1.00. The molecule has 2 heterocycles. The van der Waals surface area contributed by atoms with Crippen LogP contribution in [0.1, 0.15) is 0 Å². The minimum Gasteiger partial charge on any atom is -0.456 e. The van der Waals surface area contributed by atoms with Crippen LogP contribution in [0.3, 0.4) is 0 Å². The van der Waals surface area contributed by atoms with Crippen molar-refractivity contribution in [1.82, 2.24) is 0 Å². The van der Waals surface area contributed by atoms with E-state index in [9.17, 15) is 0 Å². The highest BCUT2D eigenvalue weighted by molar-refractivity contribution is 6.28. The van der Waals surface area contributed by atoms with Crippen molar-refractivity contribution in [2.75, 3.05) is 9.80 Å². The number of hydrogen-bond acceptors (Lipinski definition) is 4. The lowest BCUT2D eigenvalue weighted by Gasteiger charge is -2.31. The van der Waals surface area contributed by atoms with Crippen molar-refractivity contribution in [3.63, 3.8) is 0 Å².